The highest BCUT2D eigenvalue weighted by molar-refractivity contribution is 5.74. The second-order valence-corrected chi connectivity index (χ2v) is 6.58. The third kappa shape index (κ3) is 6.80. The van der Waals surface area contributed by atoms with E-state index in [9.17, 15) is 9.59 Å². The first kappa shape index (κ1) is 19.0. The van der Waals surface area contributed by atoms with Crippen LogP contribution in [0.2, 0.25) is 0 Å². The number of esters is 1. The summed E-state index contributed by atoms with van der Waals surface area (Å²) < 4.78 is 5.72. The molecule has 0 saturated heterocycles. The molecular weight excluding hydrogens is 280 g/mol. The Balaban J connectivity index is 2.34. The van der Waals surface area contributed by atoms with Gasteiger partial charge < -0.3 is 9.84 Å². The van der Waals surface area contributed by atoms with Crippen LogP contribution < -0.4 is 0 Å². The van der Waals surface area contributed by atoms with Gasteiger partial charge in [-0.1, -0.05) is 39.5 Å². The molecule has 1 aliphatic carbocycles. The topological polar surface area (TPSA) is 63.6 Å². The molecule has 0 heterocycles. The highest BCUT2D eigenvalue weighted by atomic mass is 16.5. The zero-order chi connectivity index (χ0) is 16.4. The molecule has 1 rings (SSSR count). The predicted octanol–water partition coefficient (Wildman–Crippen LogP) is 4.56. The van der Waals surface area contributed by atoms with Crippen molar-refractivity contribution in [2.24, 2.45) is 11.8 Å². The summed E-state index contributed by atoms with van der Waals surface area (Å²) in [6.45, 7) is 4.31. The van der Waals surface area contributed by atoms with Gasteiger partial charge in [-0.3, -0.25) is 9.59 Å². The standard InChI is InChI=1S/C18H32O4/c1-3-5-6-7-9-16(8-4-2)22-18(21)15-12-10-14(11-13-15)17(19)20/h14-16H,3-13H2,1-2H3,(H,19,20). The fourth-order valence-electron chi connectivity index (χ4n) is 3.22. The van der Waals surface area contributed by atoms with Crippen LogP contribution in [-0.2, 0) is 14.3 Å². The Morgan fingerprint density at radius 1 is 0.955 bits per heavy atom. The Labute approximate surface area is 134 Å². The smallest absolute Gasteiger partial charge is 0.309 e. The molecule has 0 aromatic carbocycles. The number of hydrogen-bond acceptors (Lipinski definition) is 3. The highest BCUT2D eigenvalue weighted by Crippen LogP contribution is 2.30. The molecule has 4 nitrogen and oxygen atoms in total. The Morgan fingerprint density at radius 2 is 1.59 bits per heavy atom. The van der Waals surface area contributed by atoms with Crippen molar-refractivity contribution in [1.29, 1.82) is 0 Å². The lowest BCUT2D eigenvalue weighted by Gasteiger charge is -2.26. The first-order chi connectivity index (χ1) is 10.6. The van der Waals surface area contributed by atoms with Gasteiger partial charge in [0.15, 0.2) is 0 Å². The maximum atomic E-state index is 12.3. The van der Waals surface area contributed by atoms with E-state index in [4.69, 9.17) is 9.84 Å². The number of unbranched alkanes of at least 4 members (excludes halogenated alkanes) is 3. The van der Waals surface area contributed by atoms with Gasteiger partial charge in [0.2, 0.25) is 0 Å². The Bertz CT molecular complexity index is 332. The van der Waals surface area contributed by atoms with Crippen molar-refractivity contribution in [2.45, 2.75) is 90.6 Å². The van der Waals surface area contributed by atoms with Gasteiger partial charge in [-0.25, -0.2) is 0 Å². The molecule has 1 aliphatic rings. The SMILES string of the molecule is CCCCCCC(CCC)OC(=O)C1CCC(C(=O)O)CC1. The molecule has 22 heavy (non-hydrogen) atoms. The average molecular weight is 312 g/mol. The molecule has 4 heteroatoms. The fourth-order valence-corrected chi connectivity index (χ4v) is 3.22. The number of carbonyl (C=O) groups excluding carboxylic acids is 1. The van der Waals surface area contributed by atoms with Crippen LogP contribution in [0.1, 0.15) is 84.5 Å². The van der Waals surface area contributed by atoms with Gasteiger partial charge >= 0.3 is 11.9 Å². The Kier molecular flexibility index (Phi) is 9.17. The molecule has 0 aliphatic heterocycles. The van der Waals surface area contributed by atoms with Crippen LogP contribution in [0.5, 0.6) is 0 Å². The van der Waals surface area contributed by atoms with E-state index >= 15 is 0 Å². The first-order valence-corrected chi connectivity index (χ1v) is 9.01. The number of carboxylic acids is 1. The zero-order valence-corrected chi connectivity index (χ0v) is 14.2. The summed E-state index contributed by atoms with van der Waals surface area (Å²) in [5.74, 6) is -1.19. The molecule has 0 bridgehead atoms. The van der Waals surface area contributed by atoms with E-state index in [-0.39, 0.29) is 23.9 Å². The third-order valence-electron chi connectivity index (χ3n) is 4.68. The van der Waals surface area contributed by atoms with Crippen LogP contribution in [0.25, 0.3) is 0 Å². The van der Waals surface area contributed by atoms with Crippen LogP contribution >= 0.6 is 0 Å². The molecule has 1 N–H and O–H groups in total. The van der Waals surface area contributed by atoms with Crippen molar-refractivity contribution in [3.63, 3.8) is 0 Å². The number of carboxylic acid groups (broad SMARTS) is 1. The maximum Gasteiger partial charge on any atom is 0.309 e. The van der Waals surface area contributed by atoms with Crippen molar-refractivity contribution in [3.8, 4) is 0 Å². The molecule has 1 fully saturated rings. The minimum atomic E-state index is -0.730. The zero-order valence-electron chi connectivity index (χ0n) is 14.2. The van der Waals surface area contributed by atoms with E-state index in [0.717, 1.165) is 25.7 Å². The van der Waals surface area contributed by atoms with Crippen LogP contribution in [0.15, 0.2) is 0 Å². The van der Waals surface area contributed by atoms with Gasteiger partial charge in [-0.15, -0.1) is 0 Å². The van der Waals surface area contributed by atoms with E-state index in [0.29, 0.717) is 25.7 Å². The molecule has 1 unspecified atom stereocenters. The van der Waals surface area contributed by atoms with E-state index in [2.05, 4.69) is 13.8 Å². The normalized spacial score (nSPS) is 23.0. The van der Waals surface area contributed by atoms with Crippen LogP contribution in [0, 0.1) is 11.8 Å². The largest absolute Gasteiger partial charge is 0.481 e. The van der Waals surface area contributed by atoms with E-state index in [1.54, 1.807) is 0 Å². The Morgan fingerprint density at radius 3 is 2.14 bits per heavy atom. The quantitative estimate of drug-likeness (QED) is 0.474. The van der Waals surface area contributed by atoms with Crippen molar-refractivity contribution in [1.82, 2.24) is 0 Å². The van der Waals surface area contributed by atoms with E-state index < -0.39 is 5.97 Å². The number of rotatable bonds is 10. The summed E-state index contributed by atoms with van der Waals surface area (Å²) in [5, 5.41) is 9.00. The van der Waals surface area contributed by atoms with E-state index in [1.165, 1.54) is 19.3 Å². The Hall–Kier alpha value is -1.06. The van der Waals surface area contributed by atoms with Crippen LogP contribution in [-0.4, -0.2) is 23.1 Å². The van der Waals surface area contributed by atoms with Gasteiger partial charge in [-0.2, -0.15) is 0 Å². The number of ether oxygens (including phenoxy) is 1. The lowest BCUT2D eigenvalue weighted by Crippen LogP contribution is -2.29. The number of carbonyl (C=O) groups is 2. The number of hydrogen-bond donors (Lipinski definition) is 1. The van der Waals surface area contributed by atoms with Gasteiger partial charge in [0.05, 0.1) is 11.8 Å². The summed E-state index contributed by atoms with van der Waals surface area (Å²) in [6, 6.07) is 0. The lowest BCUT2D eigenvalue weighted by atomic mass is 9.82. The highest BCUT2D eigenvalue weighted by Gasteiger charge is 2.31. The van der Waals surface area contributed by atoms with Crippen LogP contribution in [0.4, 0.5) is 0 Å². The minimum Gasteiger partial charge on any atom is -0.481 e. The lowest BCUT2D eigenvalue weighted by molar-refractivity contribution is -0.158. The third-order valence-corrected chi connectivity index (χ3v) is 4.68. The van der Waals surface area contributed by atoms with Crippen molar-refractivity contribution < 1.29 is 19.4 Å². The summed E-state index contributed by atoms with van der Waals surface area (Å²) >= 11 is 0. The van der Waals surface area contributed by atoms with Gasteiger partial charge in [0.1, 0.15) is 6.10 Å². The molecule has 0 aromatic heterocycles. The molecule has 0 amide bonds. The van der Waals surface area contributed by atoms with Crippen molar-refractivity contribution in [2.75, 3.05) is 0 Å². The molecule has 1 saturated carbocycles. The second-order valence-electron chi connectivity index (χ2n) is 6.58. The molecule has 128 valence electrons. The summed E-state index contributed by atoms with van der Waals surface area (Å²) in [5.41, 5.74) is 0. The van der Waals surface area contributed by atoms with Crippen molar-refractivity contribution >= 4 is 11.9 Å². The molecular formula is C18H32O4. The summed E-state index contributed by atoms with van der Waals surface area (Å²) in [6.07, 6.45) is 10.3. The van der Waals surface area contributed by atoms with Crippen LogP contribution in [0.3, 0.4) is 0 Å². The molecule has 0 aromatic rings. The molecule has 0 radical (unpaired) electrons. The van der Waals surface area contributed by atoms with E-state index in [1.807, 2.05) is 0 Å². The van der Waals surface area contributed by atoms with Gasteiger partial charge in [0, 0.05) is 0 Å². The first-order valence-electron chi connectivity index (χ1n) is 9.01. The maximum absolute atomic E-state index is 12.3. The summed E-state index contributed by atoms with van der Waals surface area (Å²) in [7, 11) is 0. The average Bonchev–Trinajstić information content (AvgIpc) is 2.51. The minimum absolute atomic E-state index is 0.0477. The monoisotopic (exact) mass is 312 g/mol. The molecule has 0 spiro atoms. The fraction of sp³-hybridized carbons (Fsp3) is 0.889. The van der Waals surface area contributed by atoms with Gasteiger partial charge in [-0.05, 0) is 44.9 Å². The van der Waals surface area contributed by atoms with Gasteiger partial charge in [0.25, 0.3) is 0 Å². The predicted molar refractivity (Wildman–Crippen MR) is 86.6 cm³/mol. The van der Waals surface area contributed by atoms with Crippen molar-refractivity contribution in [3.05, 3.63) is 0 Å². The molecule has 1 atom stereocenters. The summed E-state index contributed by atoms with van der Waals surface area (Å²) in [4.78, 5) is 23.2. The number of aliphatic carboxylic acids is 1. The second kappa shape index (κ2) is 10.6.